The summed E-state index contributed by atoms with van der Waals surface area (Å²) in [6.07, 6.45) is 4.67. The van der Waals surface area contributed by atoms with Gasteiger partial charge in [0, 0.05) is 11.3 Å². The average molecular weight is 201 g/mol. The van der Waals surface area contributed by atoms with Crippen molar-refractivity contribution < 1.29 is 5.11 Å². The lowest BCUT2D eigenvalue weighted by Crippen LogP contribution is -2.55. The van der Waals surface area contributed by atoms with Crippen LogP contribution in [0.4, 0.5) is 0 Å². The van der Waals surface area contributed by atoms with Gasteiger partial charge in [-0.15, -0.1) is 0 Å². The average Bonchev–Trinajstić information content (AvgIpc) is 2.50. The Morgan fingerprint density at radius 1 is 1.46 bits per heavy atom. The third kappa shape index (κ3) is 1.74. The van der Waals surface area contributed by atoms with Crippen molar-refractivity contribution in [3.63, 3.8) is 0 Å². The fraction of sp³-hybridized carbons (Fsp3) is 1.00. The molecule has 0 aromatic heterocycles. The molecule has 0 spiro atoms. The van der Waals surface area contributed by atoms with E-state index in [1.807, 2.05) is 11.8 Å². The van der Waals surface area contributed by atoms with Crippen molar-refractivity contribution in [2.24, 2.45) is 0 Å². The molecule has 2 heterocycles. The van der Waals surface area contributed by atoms with Gasteiger partial charge in [-0.3, -0.25) is 0 Å². The minimum Gasteiger partial charge on any atom is -0.387 e. The van der Waals surface area contributed by atoms with Gasteiger partial charge >= 0.3 is 0 Å². The van der Waals surface area contributed by atoms with Crippen LogP contribution in [0.25, 0.3) is 0 Å². The SMILES string of the molecule is CC1SCCC1(O)C1CCCCN1. The largest absolute Gasteiger partial charge is 0.387 e. The standard InChI is InChI=1S/C10H19NOS/c1-8-10(12,5-7-13-8)9-4-2-3-6-11-9/h8-9,11-12H,2-7H2,1H3. The molecule has 76 valence electrons. The first-order valence-corrected chi connectivity index (χ1v) is 6.36. The molecular formula is C10H19NOS. The van der Waals surface area contributed by atoms with E-state index in [2.05, 4.69) is 12.2 Å². The van der Waals surface area contributed by atoms with Gasteiger partial charge in [0.05, 0.1) is 5.60 Å². The van der Waals surface area contributed by atoms with Crippen molar-refractivity contribution in [2.75, 3.05) is 12.3 Å². The monoisotopic (exact) mass is 201 g/mol. The highest BCUT2D eigenvalue weighted by molar-refractivity contribution is 8.00. The minimum absolute atomic E-state index is 0.353. The summed E-state index contributed by atoms with van der Waals surface area (Å²) in [5, 5.41) is 14.4. The van der Waals surface area contributed by atoms with Crippen LogP contribution >= 0.6 is 11.8 Å². The molecule has 0 aromatic rings. The Kier molecular flexibility index (Phi) is 2.86. The Morgan fingerprint density at radius 3 is 2.85 bits per heavy atom. The van der Waals surface area contributed by atoms with Gasteiger partial charge in [-0.1, -0.05) is 13.3 Å². The molecule has 3 atom stereocenters. The predicted octanol–water partition coefficient (Wildman–Crippen LogP) is 1.38. The van der Waals surface area contributed by atoms with Crippen LogP contribution in [-0.4, -0.2) is 34.3 Å². The van der Waals surface area contributed by atoms with Gasteiger partial charge in [-0.05, 0) is 31.6 Å². The highest BCUT2D eigenvalue weighted by Gasteiger charge is 2.45. The van der Waals surface area contributed by atoms with E-state index in [1.54, 1.807) is 0 Å². The Morgan fingerprint density at radius 2 is 2.31 bits per heavy atom. The van der Waals surface area contributed by atoms with Gasteiger partial charge in [-0.25, -0.2) is 0 Å². The topological polar surface area (TPSA) is 32.3 Å². The number of hydrogen-bond donors (Lipinski definition) is 2. The lowest BCUT2D eigenvalue weighted by molar-refractivity contribution is -0.00195. The van der Waals surface area contributed by atoms with Gasteiger partial charge in [-0.2, -0.15) is 11.8 Å². The van der Waals surface area contributed by atoms with Crippen LogP contribution < -0.4 is 5.32 Å². The molecule has 2 N–H and O–H groups in total. The van der Waals surface area contributed by atoms with Crippen molar-refractivity contribution in [3.05, 3.63) is 0 Å². The number of piperidine rings is 1. The van der Waals surface area contributed by atoms with Crippen LogP contribution in [0.15, 0.2) is 0 Å². The van der Waals surface area contributed by atoms with Gasteiger partial charge in [0.2, 0.25) is 0 Å². The number of hydrogen-bond acceptors (Lipinski definition) is 3. The van der Waals surface area contributed by atoms with Crippen molar-refractivity contribution in [1.29, 1.82) is 0 Å². The molecule has 3 heteroatoms. The second-order valence-electron chi connectivity index (χ2n) is 4.26. The molecule has 3 unspecified atom stereocenters. The zero-order valence-electron chi connectivity index (χ0n) is 8.25. The number of thioether (sulfide) groups is 1. The molecule has 0 amide bonds. The third-order valence-corrected chi connectivity index (χ3v) is 4.84. The first-order valence-electron chi connectivity index (χ1n) is 5.31. The van der Waals surface area contributed by atoms with Gasteiger partial charge in [0.25, 0.3) is 0 Å². The summed E-state index contributed by atoms with van der Waals surface area (Å²) in [5.41, 5.74) is -0.426. The normalized spacial score (nSPS) is 46.6. The molecule has 2 aliphatic heterocycles. The van der Waals surface area contributed by atoms with Crippen molar-refractivity contribution in [1.82, 2.24) is 5.32 Å². The molecule has 2 rings (SSSR count). The van der Waals surface area contributed by atoms with Gasteiger partial charge in [0.15, 0.2) is 0 Å². The van der Waals surface area contributed by atoms with E-state index < -0.39 is 5.60 Å². The summed E-state index contributed by atoms with van der Waals surface area (Å²) in [6, 6.07) is 0.353. The van der Waals surface area contributed by atoms with E-state index in [0.29, 0.717) is 11.3 Å². The first-order chi connectivity index (χ1) is 6.23. The van der Waals surface area contributed by atoms with Crippen LogP contribution in [0.2, 0.25) is 0 Å². The second kappa shape index (κ2) is 3.79. The molecule has 2 nitrogen and oxygen atoms in total. The third-order valence-electron chi connectivity index (χ3n) is 3.49. The zero-order chi connectivity index (χ0) is 9.31. The van der Waals surface area contributed by atoms with Crippen molar-refractivity contribution >= 4 is 11.8 Å². The van der Waals surface area contributed by atoms with Crippen LogP contribution in [0.5, 0.6) is 0 Å². The van der Waals surface area contributed by atoms with Crippen LogP contribution in [0, 0.1) is 0 Å². The first kappa shape index (κ1) is 9.81. The van der Waals surface area contributed by atoms with Crippen LogP contribution in [-0.2, 0) is 0 Å². The quantitative estimate of drug-likeness (QED) is 0.672. The molecular weight excluding hydrogens is 182 g/mol. The van der Waals surface area contributed by atoms with Crippen molar-refractivity contribution in [3.8, 4) is 0 Å². The molecule has 0 aromatic carbocycles. The van der Waals surface area contributed by atoms with Crippen molar-refractivity contribution in [2.45, 2.75) is 49.5 Å². The van der Waals surface area contributed by atoms with Crippen LogP contribution in [0.1, 0.15) is 32.6 Å². The molecule has 2 fully saturated rings. The summed E-state index contributed by atoms with van der Waals surface area (Å²) in [7, 11) is 0. The lowest BCUT2D eigenvalue weighted by Gasteiger charge is -2.38. The summed E-state index contributed by atoms with van der Waals surface area (Å²) in [4.78, 5) is 0. The Labute approximate surface area is 84.5 Å². The maximum Gasteiger partial charge on any atom is 0.0922 e. The number of nitrogens with one attached hydrogen (secondary N) is 1. The molecule has 13 heavy (non-hydrogen) atoms. The van der Waals surface area contributed by atoms with E-state index in [1.165, 1.54) is 12.8 Å². The minimum atomic E-state index is -0.426. The van der Waals surface area contributed by atoms with E-state index in [-0.39, 0.29) is 0 Å². The highest BCUT2D eigenvalue weighted by Crippen LogP contribution is 2.39. The predicted molar refractivity (Wildman–Crippen MR) is 57.1 cm³/mol. The molecule has 2 aliphatic rings. The highest BCUT2D eigenvalue weighted by atomic mass is 32.2. The Hall–Kier alpha value is 0.270. The molecule has 0 aliphatic carbocycles. The molecule has 2 saturated heterocycles. The van der Waals surface area contributed by atoms with Gasteiger partial charge < -0.3 is 10.4 Å². The molecule has 0 radical (unpaired) electrons. The van der Waals surface area contributed by atoms with Crippen LogP contribution in [0.3, 0.4) is 0 Å². The molecule has 0 saturated carbocycles. The smallest absolute Gasteiger partial charge is 0.0922 e. The maximum absolute atomic E-state index is 10.5. The summed E-state index contributed by atoms with van der Waals surface area (Å²) >= 11 is 1.91. The molecule has 0 bridgehead atoms. The number of rotatable bonds is 1. The van der Waals surface area contributed by atoms with E-state index in [0.717, 1.165) is 25.1 Å². The Bertz CT molecular complexity index is 182. The van der Waals surface area contributed by atoms with E-state index >= 15 is 0 Å². The maximum atomic E-state index is 10.5. The summed E-state index contributed by atoms with van der Waals surface area (Å²) < 4.78 is 0. The second-order valence-corrected chi connectivity index (χ2v) is 5.71. The fourth-order valence-electron chi connectivity index (χ4n) is 2.48. The Balaban J connectivity index is 2.03. The van der Waals surface area contributed by atoms with E-state index in [4.69, 9.17) is 0 Å². The zero-order valence-corrected chi connectivity index (χ0v) is 9.07. The summed E-state index contributed by atoms with van der Waals surface area (Å²) in [5.74, 6) is 1.12. The van der Waals surface area contributed by atoms with E-state index in [9.17, 15) is 5.11 Å². The van der Waals surface area contributed by atoms with Gasteiger partial charge in [0.1, 0.15) is 0 Å². The fourth-order valence-corrected chi connectivity index (χ4v) is 3.85. The number of aliphatic hydroxyl groups is 1. The summed E-state index contributed by atoms with van der Waals surface area (Å²) in [6.45, 7) is 3.25. The lowest BCUT2D eigenvalue weighted by atomic mass is 9.84.